The SMILES string of the molecule is COc1ccc(-c2ncc(C=O)[nH]2)nn1. The molecule has 0 aliphatic heterocycles. The van der Waals surface area contributed by atoms with E-state index in [2.05, 4.69) is 20.2 Å². The van der Waals surface area contributed by atoms with Gasteiger partial charge in [-0.2, -0.15) is 0 Å². The largest absolute Gasteiger partial charge is 0.480 e. The van der Waals surface area contributed by atoms with Crippen molar-refractivity contribution in [3.8, 4) is 17.4 Å². The molecule has 2 aromatic rings. The second kappa shape index (κ2) is 3.87. The predicted molar refractivity (Wildman–Crippen MR) is 51.6 cm³/mol. The quantitative estimate of drug-likeness (QED) is 0.744. The highest BCUT2D eigenvalue weighted by Gasteiger charge is 2.05. The van der Waals surface area contributed by atoms with E-state index in [0.717, 1.165) is 0 Å². The van der Waals surface area contributed by atoms with Crippen LogP contribution in [0, 0.1) is 0 Å². The molecule has 15 heavy (non-hydrogen) atoms. The number of carbonyl (C=O) groups is 1. The molecule has 6 heteroatoms. The zero-order valence-corrected chi connectivity index (χ0v) is 7.97. The van der Waals surface area contributed by atoms with Crippen molar-refractivity contribution in [1.29, 1.82) is 0 Å². The smallest absolute Gasteiger partial charge is 0.233 e. The monoisotopic (exact) mass is 204 g/mol. The second-order valence-electron chi connectivity index (χ2n) is 2.77. The van der Waals surface area contributed by atoms with Gasteiger partial charge in [-0.1, -0.05) is 0 Å². The first kappa shape index (κ1) is 9.32. The first-order valence-electron chi connectivity index (χ1n) is 4.22. The number of methoxy groups -OCH3 is 1. The van der Waals surface area contributed by atoms with Gasteiger partial charge in [0, 0.05) is 6.07 Å². The number of H-pyrrole nitrogens is 1. The molecule has 2 aromatic heterocycles. The first-order valence-corrected chi connectivity index (χ1v) is 4.22. The fourth-order valence-corrected chi connectivity index (χ4v) is 1.08. The molecule has 0 atom stereocenters. The van der Waals surface area contributed by atoms with Crippen molar-refractivity contribution in [1.82, 2.24) is 20.2 Å². The number of aldehydes is 1. The lowest BCUT2D eigenvalue weighted by molar-refractivity contribution is 0.111. The van der Waals surface area contributed by atoms with Gasteiger partial charge in [0.2, 0.25) is 5.88 Å². The molecule has 0 unspecified atom stereocenters. The second-order valence-corrected chi connectivity index (χ2v) is 2.77. The molecule has 0 amide bonds. The minimum Gasteiger partial charge on any atom is -0.480 e. The molecular weight excluding hydrogens is 196 g/mol. The third kappa shape index (κ3) is 1.83. The Labute approximate surface area is 85.3 Å². The van der Waals surface area contributed by atoms with E-state index in [1.54, 1.807) is 12.1 Å². The van der Waals surface area contributed by atoms with Crippen LogP contribution in [0.3, 0.4) is 0 Å². The minimum atomic E-state index is 0.405. The van der Waals surface area contributed by atoms with Crippen LogP contribution in [0.25, 0.3) is 11.5 Å². The van der Waals surface area contributed by atoms with E-state index < -0.39 is 0 Å². The molecule has 0 saturated heterocycles. The van der Waals surface area contributed by atoms with Crippen molar-refractivity contribution >= 4 is 6.29 Å². The lowest BCUT2D eigenvalue weighted by Crippen LogP contribution is -1.93. The number of aromatic amines is 1. The van der Waals surface area contributed by atoms with Gasteiger partial charge in [0.25, 0.3) is 0 Å². The molecule has 76 valence electrons. The van der Waals surface area contributed by atoms with E-state index in [9.17, 15) is 4.79 Å². The minimum absolute atomic E-state index is 0.405. The molecule has 0 saturated carbocycles. The van der Waals surface area contributed by atoms with Gasteiger partial charge in [-0.15, -0.1) is 10.2 Å². The van der Waals surface area contributed by atoms with Crippen molar-refractivity contribution in [3.63, 3.8) is 0 Å². The van der Waals surface area contributed by atoms with Crippen LogP contribution in [0.2, 0.25) is 0 Å². The summed E-state index contributed by atoms with van der Waals surface area (Å²) in [6.45, 7) is 0. The third-order valence-electron chi connectivity index (χ3n) is 1.81. The van der Waals surface area contributed by atoms with Gasteiger partial charge in [0.1, 0.15) is 5.69 Å². The van der Waals surface area contributed by atoms with Crippen molar-refractivity contribution in [3.05, 3.63) is 24.0 Å². The van der Waals surface area contributed by atoms with Crippen LogP contribution in [0.5, 0.6) is 5.88 Å². The van der Waals surface area contributed by atoms with Crippen molar-refractivity contribution in [2.45, 2.75) is 0 Å². The van der Waals surface area contributed by atoms with Gasteiger partial charge in [0.15, 0.2) is 12.1 Å². The maximum atomic E-state index is 10.4. The Hall–Kier alpha value is -2.24. The van der Waals surface area contributed by atoms with Crippen LogP contribution in [-0.4, -0.2) is 33.6 Å². The standard InChI is InChI=1S/C9H8N4O2/c1-15-8-3-2-7(12-13-8)9-10-4-6(5-14)11-9/h2-5H,1H3,(H,10,11). The Morgan fingerprint density at radius 2 is 2.27 bits per heavy atom. The van der Waals surface area contributed by atoms with Gasteiger partial charge < -0.3 is 9.72 Å². The van der Waals surface area contributed by atoms with Crippen molar-refractivity contribution in [2.24, 2.45) is 0 Å². The Balaban J connectivity index is 2.32. The van der Waals surface area contributed by atoms with Crippen molar-refractivity contribution in [2.75, 3.05) is 7.11 Å². The molecule has 0 aliphatic rings. The summed E-state index contributed by atoms with van der Waals surface area (Å²) in [5.74, 6) is 0.938. The van der Waals surface area contributed by atoms with E-state index in [0.29, 0.717) is 29.4 Å². The third-order valence-corrected chi connectivity index (χ3v) is 1.81. The van der Waals surface area contributed by atoms with Gasteiger partial charge in [-0.05, 0) is 6.07 Å². The van der Waals surface area contributed by atoms with Crippen LogP contribution in [0.1, 0.15) is 10.5 Å². The van der Waals surface area contributed by atoms with Gasteiger partial charge in [-0.3, -0.25) is 4.79 Å². The summed E-state index contributed by atoms with van der Waals surface area (Å²) >= 11 is 0. The summed E-state index contributed by atoms with van der Waals surface area (Å²) in [4.78, 5) is 17.2. The predicted octanol–water partition coefficient (Wildman–Crippen LogP) is 0.688. The van der Waals surface area contributed by atoms with E-state index in [1.807, 2.05) is 0 Å². The molecule has 2 heterocycles. The molecule has 0 aromatic carbocycles. The van der Waals surface area contributed by atoms with Gasteiger partial charge in [-0.25, -0.2) is 4.98 Å². The number of carbonyl (C=O) groups excluding carboxylic acids is 1. The molecule has 0 bridgehead atoms. The molecule has 0 aliphatic carbocycles. The van der Waals surface area contributed by atoms with E-state index in [4.69, 9.17) is 4.74 Å². The molecular formula is C9H8N4O2. The van der Waals surface area contributed by atoms with Gasteiger partial charge >= 0.3 is 0 Å². The molecule has 0 radical (unpaired) electrons. The van der Waals surface area contributed by atoms with Crippen LogP contribution >= 0.6 is 0 Å². The van der Waals surface area contributed by atoms with Crippen LogP contribution in [0.15, 0.2) is 18.3 Å². The van der Waals surface area contributed by atoms with E-state index >= 15 is 0 Å². The number of nitrogens with zero attached hydrogens (tertiary/aromatic N) is 3. The molecule has 0 spiro atoms. The Bertz CT molecular complexity index is 463. The summed E-state index contributed by atoms with van der Waals surface area (Å²) in [6.07, 6.45) is 2.13. The number of hydrogen-bond acceptors (Lipinski definition) is 5. The Morgan fingerprint density at radius 1 is 1.40 bits per heavy atom. The molecule has 0 fully saturated rings. The number of hydrogen-bond donors (Lipinski definition) is 1. The highest BCUT2D eigenvalue weighted by molar-refractivity contribution is 5.72. The molecule has 1 N–H and O–H groups in total. The number of rotatable bonds is 3. The highest BCUT2D eigenvalue weighted by Crippen LogP contribution is 2.13. The summed E-state index contributed by atoms with van der Waals surface area (Å²) in [5.41, 5.74) is 0.964. The average Bonchev–Trinajstić information content (AvgIpc) is 2.78. The fraction of sp³-hybridized carbons (Fsp3) is 0.111. The van der Waals surface area contributed by atoms with Crippen LogP contribution in [0.4, 0.5) is 0 Å². The van der Waals surface area contributed by atoms with E-state index in [1.165, 1.54) is 13.3 Å². The summed E-state index contributed by atoms with van der Waals surface area (Å²) in [6, 6.07) is 3.38. The maximum absolute atomic E-state index is 10.4. The molecule has 6 nitrogen and oxygen atoms in total. The Kier molecular flexibility index (Phi) is 2.40. The zero-order valence-electron chi connectivity index (χ0n) is 7.97. The lowest BCUT2D eigenvalue weighted by atomic mass is 10.4. The van der Waals surface area contributed by atoms with E-state index in [-0.39, 0.29) is 0 Å². The lowest BCUT2D eigenvalue weighted by Gasteiger charge is -1.97. The van der Waals surface area contributed by atoms with Crippen LogP contribution < -0.4 is 4.74 Å². The van der Waals surface area contributed by atoms with Crippen molar-refractivity contribution < 1.29 is 9.53 Å². The Morgan fingerprint density at radius 3 is 2.80 bits per heavy atom. The van der Waals surface area contributed by atoms with Crippen LogP contribution in [-0.2, 0) is 0 Å². The fourth-order valence-electron chi connectivity index (χ4n) is 1.08. The summed E-state index contributed by atoms with van der Waals surface area (Å²) in [5, 5.41) is 7.67. The summed E-state index contributed by atoms with van der Waals surface area (Å²) < 4.78 is 4.87. The number of ether oxygens (including phenoxy) is 1. The average molecular weight is 204 g/mol. The number of imidazole rings is 1. The topological polar surface area (TPSA) is 80.8 Å². The number of nitrogens with one attached hydrogen (secondary N) is 1. The normalized spacial score (nSPS) is 9.93. The van der Waals surface area contributed by atoms with Gasteiger partial charge in [0.05, 0.1) is 19.0 Å². The first-order chi connectivity index (χ1) is 7.33. The zero-order chi connectivity index (χ0) is 10.7. The molecule has 2 rings (SSSR count). The maximum Gasteiger partial charge on any atom is 0.233 e. The number of aromatic nitrogens is 4. The highest BCUT2D eigenvalue weighted by atomic mass is 16.5. The summed E-state index contributed by atoms with van der Waals surface area (Å²) in [7, 11) is 1.51.